The minimum absolute atomic E-state index is 0.140. The molecule has 104 valence electrons. The van der Waals surface area contributed by atoms with Gasteiger partial charge in [-0.3, -0.25) is 10.1 Å². The molecule has 2 rings (SSSR count). The molecule has 0 aromatic heterocycles. The van der Waals surface area contributed by atoms with E-state index in [0.717, 1.165) is 17.1 Å². The van der Waals surface area contributed by atoms with Crippen LogP contribution in [0.3, 0.4) is 0 Å². The number of halogens is 1. The summed E-state index contributed by atoms with van der Waals surface area (Å²) in [6.45, 7) is 2.46. The summed E-state index contributed by atoms with van der Waals surface area (Å²) < 4.78 is 0. The van der Waals surface area contributed by atoms with Crippen molar-refractivity contribution in [3.63, 3.8) is 0 Å². The number of nitrogens with one attached hydrogen (secondary N) is 1. The lowest BCUT2D eigenvalue weighted by Gasteiger charge is -2.09. The molecule has 0 amide bonds. The minimum Gasteiger partial charge on any atom is -0.384 e. The minimum atomic E-state index is -0.361. The van der Waals surface area contributed by atoms with Crippen LogP contribution in [0.1, 0.15) is 11.1 Å². The van der Waals surface area contributed by atoms with Gasteiger partial charge in [-0.15, -0.1) is 0 Å². The molecule has 0 unspecified atom stereocenters. The first kappa shape index (κ1) is 14.3. The van der Waals surface area contributed by atoms with Gasteiger partial charge in [-0.1, -0.05) is 29.8 Å². The number of benzene rings is 2. The third-order valence-electron chi connectivity index (χ3n) is 3.14. The van der Waals surface area contributed by atoms with Crippen molar-refractivity contribution in [1.29, 1.82) is 0 Å². The van der Waals surface area contributed by atoms with E-state index < -0.39 is 0 Å². The normalized spacial score (nSPS) is 10.3. The number of nitro groups is 1. The number of anilines is 1. The summed E-state index contributed by atoms with van der Waals surface area (Å²) in [6.07, 6.45) is 0.833. The van der Waals surface area contributed by atoms with Crippen molar-refractivity contribution in [3.8, 4) is 0 Å². The summed E-state index contributed by atoms with van der Waals surface area (Å²) in [6, 6.07) is 12.7. The lowest BCUT2D eigenvalue weighted by molar-refractivity contribution is -0.385. The van der Waals surface area contributed by atoms with E-state index in [0.29, 0.717) is 12.1 Å². The average Bonchev–Trinajstić information content (AvgIpc) is 2.42. The molecule has 0 aliphatic carbocycles. The van der Waals surface area contributed by atoms with Crippen molar-refractivity contribution in [3.05, 3.63) is 68.7 Å². The molecular formula is C15H15ClN2O2. The van der Waals surface area contributed by atoms with Crippen molar-refractivity contribution in [2.45, 2.75) is 13.3 Å². The van der Waals surface area contributed by atoms with E-state index in [1.807, 2.05) is 30.3 Å². The molecule has 0 bridgehead atoms. The lowest BCUT2D eigenvalue weighted by Crippen LogP contribution is -2.06. The Hall–Kier alpha value is -2.07. The molecule has 5 heteroatoms. The second-order valence-electron chi connectivity index (χ2n) is 4.51. The molecule has 0 aliphatic rings. The summed E-state index contributed by atoms with van der Waals surface area (Å²) in [5.41, 5.74) is 2.77. The van der Waals surface area contributed by atoms with E-state index in [-0.39, 0.29) is 10.6 Å². The van der Waals surface area contributed by atoms with Gasteiger partial charge in [0.2, 0.25) is 0 Å². The predicted octanol–water partition coefficient (Wildman–Crippen LogP) is 4.21. The van der Waals surface area contributed by atoms with Gasteiger partial charge in [0.15, 0.2) is 0 Å². The fourth-order valence-corrected chi connectivity index (χ4v) is 2.13. The third kappa shape index (κ3) is 3.48. The molecular weight excluding hydrogens is 276 g/mol. The maximum Gasteiger partial charge on any atom is 0.274 e. The van der Waals surface area contributed by atoms with Crippen molar-refractivity contribution in [2.75, 3.05) is 11.9 Å². The van der Waals surface area contributed by atoms with Gasteiger partial charge in [-0.05, 0) is 37.1 Å². The van der Waals surface area contributed by atoms with Gasteiger partial charge >= 0.3 is 0 Å². The molecule has 0 aliphatic heterocycles. The van der Waals surface area contributed by atoms with Crippen LogP contribution < -0.4 is 5.32 Å². The Bertz CT molecular complexity index is 612. The van der Waals surface area contributed by atoms with Gasteiger partial charge in [-0.2, -0.15) is 0 Å². The maximum atomic E-state index is 10.9. The first-order valence-electron chi connectivity index (χ1n) is 6.30. The molecule has 0 saturated heterocycles. The van der Waals surface area contributed by atoms with E-state index in [9.17, 15) is 10.1 Å². The molecule has 0 saturated carbocycles. The molecule has 0 atom stereocenters. The topological polar surface area (TPSA) is 55.2 Å². The first-order valence-corrected chi connectivity index (χ1v) is 6.68. The van der Waals surface area contributed by atoms with Crippen LogP contribution in [-0.4, -0.2) is 11.5 Å². The van der Waals surface area contributed by atoms with Crippen molar-refractivity contribution in [2.24, 2.45) is 0 Å². The van der Waals surface area contributed by atoms with Crippen LogP contribution in [0.4, 0.5) is 11.4 Å². The summed E-state index contributed by atoms with van der Waals surface area (Å²) in [5, 5.41) is 14.8. The Labute approximate surface area is 122 Å². The zero-order valence-electron chi connectivity index (χ0n) is 11.1. The van der Waals surface area contributed by atoms with Crippen molar-refractivity contribution < 1.29 is 4.92 Å². The highest BCUT2D eigenvalue weighted by atomic mass is 35.5. The SMILES string of the molecule is Cc1c(NCCc2ccc(Cl)cc2)cccc1[N+](=O)[O-]. The van der Waals surface area contributed by atoms with E-state index >= 15 is 0 Å². The van der Waals surface area contributed by atoms with Gasteiger partial charge in [0, 0.05) is 28.9 Å². The monoisotopic (exact) mass is 290 g/mol. The molecule has 0 fully saturated rings. The zero-order valence-corrected chi connectivity index (χ0v) is 11.9. The number of hydrogen-bond acceptors (Lipinski definition) is 3. The Morgan fingerprint density at radius 3 is 2.55 bits per heavy atom. The van der Waals surface area contributed by atoms with Crippen LogP contribution in [0, 0.1) is 17.0 Å². The Balaban J connectivity index is 1.99. The molecule has 2 aromatic carbocycles. The highest BCUT2D eigenvalue weighted by Crippen LogP contribution is 2.24. The van der Waals surface area contributed by atoms with Gasteiger partial charge in [0.1, 0.15) is 0 Å². The highest BCUT2D eigenvalue weighted by molar-refractivity contribution is 6.30. The van der Waals surface area contributed by atoms with Crippen molar-refractivity contribution in [1.82, 2.24) is 0 Å². The van der Waals surface area contributed by atoms with E-state index in [1.54, 1.807) is 13.0 Å². The Morgan fingerprint density at radius 2 is 1.90 bits per heavy atom. The second kappa shape index (κ2) is 6.39. The molecule has 2 aromatic rings. The molecule has 0 radical (unpaired) electrons. The number of nitro benzene ring substituents is 1. The van der Waals surface area contributed by atoms with Crippen LogP contribution >= 0.6 is 11.6 Å². The highest BCUT2D eigenvalue weighted by Gasteiger charge is 2.12. The average molecular weight is 291 g/mol. The molecule has 0 spiro atoms. The summed E-state index contributed by atoms with van der Waals surface area (Å²) >= 11 is 5.83. The van der Waals surface area contributed by atoms with E-state index in [1.165, 1.54) is 11.6 Å². The summed E-state index contributed by atoms with van der Waals surface area (Å²) in [7, 11) is 0. The van der Waals surface area contributed by atoms with Crippen molar-refractivity contribution >= 4 is 23.0 Å². The van der Waals surface area contributed by atoms with Gasteiger partial charge in [-0.25, -0.2) is 0 Å². The smallest absolute Gasteiger partial charge is 0.274 e. The van der Waals surface area contributed by atoms with E-state index in [4.69, 9.17) is 11.6 Å². The summed E-state index contributed by atoms with van der Waals surface area (Å²) in [5.74, 6) is 0. The number of hydrogen-bond donors (Lipinski definition) is 1. The van der Waals surface area contributed by atoms with Crippen LogP contribution in [0.5, 0.6) is 0 Å². The largest absolute Gasteiger partial charge is 0.384 e. The lowest BCUT2D eigenvalue weighted by atomic mass is 10.1. The number of rotatable bonds is 5. The summed E-state index contributed by atoms with van der Waals surface area (Å²) in [4.78, 5) is 10.5. The van der Waals surface area contributed by atoms with Gasteiger partial charge in [0.05, 0.1) is 4.92 Å². The van der Waals surface area contributed by atoms with Crippen LogP contribution in [0.25, 0.3) is 0 Å². The van der Waals surface area contributed by atoms with Gasteiger partial charge in [0.25, 0.3) is 5.69 Å². The van der Waals surface area contributed by atoms with Crippen LogP contribution in [-0.2, 0) is 6.42 Å². The van der Waals surface area contributed by atoms with Gasteiger partial charge < -0.3 is 5.32 Å². The maximum absolute atomic E-state index is 10.9. The quantitative estimate of drug-likeness (QED) is 0.663. The molecule has 1 N–H and O–H groups in total. The molecule has 0 heterocycles. The Kier molecular flexibility index (Phi) is 4.58. The zero-order chi connectivity index (χ0) is 14.5. The fourth-order valence-electron chi connectivity index (χ4n) is 2.01. The second-order valence-corrected chi connectivity index (χ2v) is 4.95. The van der Waals surface area contributed by atoms with Crippen LogP contribution in [0.2, 0.25) is 5.02 Å². The van der Waals surface area contributed by atoms with E-state index in [2.05, 4.69) is 5.32 Å². The predicted molar refractivity (Wildman–Crippen MR) is 81.5 cm³/mol. The Morgan fingerprint density at radius 1 is 1.20 bits per heavy atom. The molecule has 20 heavy (non-hydrogen) atoms. The third-order valence-corrected chi connectivity index (χ3v) is 3.40. The fraction of sp³-hybridized carbons (Fsp3) is 0.200. The standard InChI is InChI=1S/C15H15ClN2O2/c1-11-14(3-2-4-15(11)18(19)20)17-10-9-12-5-7-13(16)8-6-12/h2-8,17H,9-10H2,1H3. The molecule has 4 nitrogen and oxygen atoms in total. The number of nitrogens with zero attached hydrogens (tertiary/aromatic N) is 1. The van der Waals surface area contributed by atoms with Crippen LogP contribution in [0.15, 0.2) is 42.5 Å². The first-order chi connectivity index (χ1) is 9.58.